The van der Waals surface area contributed by atoms with E-state index in [1.54, 1.807) is 5.56 Å². The van der Waals surface area contributed by atoms with Crippen LogP contribution in [0.5, 0.6) is 0 Å². The second-order valence-corrected chi connectivity index (χ2v) is 15.5. The van der Waals surface area contributed by atoms with Gasteiger partial charge in [-0.1, -0.05) is 215 Å². The van der Waals surface area contributed by atoms with Crippen LogP contribution in [0.15, 0.2) is 140 Å². The van der Waals surface area contributed by atoms with Crippen LogP contribution in [0.25, 0.3) is 77.0 Å². The summed E-state index contributed by atoms with van der Waals surface area (Å²) in [6, 6.07) is 74.3. The molecule has 2 aromatic heterocycles. The molecule has 0 aliphatic heterocycles. The van der Waals surface area contributed by atoms with Crippen molar-refractivity contribution in [2.75, 3.05) is 0 Å². The molecule has 0 atom stereocenters. The third-order valence-electron chi connectivity index (χ3n) is 11.0. The maximum atomic E-state index is 3.50. The van der Waals surface area contributed by atoms with Crippen LogP contribution < -0.4 is 0 Å². The number of hydrogen-bond acceptors (Lipinski definition) is 0. The second kappa shape index (κ2) is 56.5. The zero-order valence-corrected chi connectivity index (χ0v) is 70.4. The topological polar surface area (TPSA) is 9.86 Å². The van der Waals surface area contributed by atoms with Gasteiger partial charge in [0.2, 0.25) is 0 Å². The van der Waals surface area contributed by atoms with E-state index in [0.717, 1.165) is 59.1 Å². The van der Waals surface area contributed by atoms with Crippen LogP contribution in [0.1, 0.15) is 161 Å². The van der Waals surface area contributed by atoms with E-state index in [2.05, 4.69) is 209 Å². The minimum atomic E-state index is 0. The normalized spacial score (nSPS) is 9.02. The summed E-state index contributed by atoms with van der Waals surface area (Å²) >= 11 is 0. The molecular formula is C73H92N2Y6-8. The van der Waals surface area contributed by atoms with Crippen molar-refractivity contribution in [1.29, 1.82) is 0 Å². The molecule has 0 spiro atoms. The van der Waals surface area contributed by atoms with Gasteiger partial charge in [0.1, 0.15) is 0 Å². The van der Waals surface area contributed by atoms with Crippen molar-refractivity contribution in [3.8, 4) is 33.4 Å². The zero-order chi connectivity index (χ0) is 56.1. The van der Waals surface area contributed by atoms with Gasteiger partial charge in [0, 0.05) is 220 Å². The molecule has 1 aliphatic rings. The summed E-state index contributed by atoms with van der Waals surface area (Å²) in [6.07, 6.45) is 4.76. The van der Waals surface area contributed by atoms with E-state index in [1.807, 2.05) is 119 Å². The molecule has 8 aromatic carbocycles. The van der Waals surface area contributed by atoms with Crippen molar-refractivity contribution in [3.63, 3.8) is 0 Å². The van der Waals surface area contributed by atoms with E-state index in [-0.39, 0.29) is 196 Å². The average Bonchev–Trinajstić information content (AvgIpc) is 4.16. The molecule has 2 nitrogen and oxygen atoms in total. The fourth-order valence-electron chi connectivity index (χ4n) is 8.30. The van der Waals surface area contributed by atoms with Gasteiger partial charge in [0.25, 0.3) is 0 Å². The Morgan fingerprint density at radius 3 is 1.28 bits per heavy atom. The monoisotopic (exact) mass is 1530 g/mol. The number of aromatic nitrogens is 2. The van der Waals surface area contributed by atoms with Crippen LogP contribution in [-0.4, -0.2) is 9.13 Å². The van der Waals surface area contributed by atoms with E-state index in [1.165, 1.54) is 67.8 Å². The number of benzene rings is 8. The Kier molecular flexibility index (Phi) is 64.3. The molecule has 11 rings (SSSR count). The first-order valence-electron chi connectivity index (χ1n) is 28.7. The third-order valence-corrected chi connectivity index (χ3v) is 11.0. The summed E-state index contributed by atoms with van der Waals surface area (Å²) in [5, 5.41) is 4.84. The summed E-state index contributed by atoms with van der Waals surface area (Å²) < 4.78 is 4.60. The minimum Gasteiger partial charge on any atom is -0.460 e. The summed E-state index contributed by atoms with van der Waals surface area (Å²) in [4.78, 5) is 0. The predicted octanol–water partition coefficient (Wildman–Crippen LogP) is 22.2. The Balaban J connectivity index is -0.000000222. The van der Waals surface area contributed by atoms with Crippen LogP contribution >= 0.6 is 0 Å². The van der Waals surface area contributed by atoms with Crippen molar-refractivity contribution >= 4 is 43.6 Å². The third kappa shape index (κ3) is 26.7. The first kappa shape index (κ1) is 92.1. The van der Waals surface area contributed by atoms with Gasteiger partial charge in [-0.15, -0.1) is 11.0 Å². The van der Waals surface area contributed by atoms with Gasteiger partial charge in [0.05, 0.1) is 0 Å². The van der Waals surface area contributed by atoms with E-state index in [4.69, 9.17) is 0 Å². The molecule has 0 N–H and O–H groups in total. The van der Waals surface area contributed by atoms with Crippen LogP contribution in [0.3, 0.4) is 0 Å². The van der Waals surface area contributed by atoms with Gasteiger partial charge in [0.15, 0.2) is 0 Å². The second-order valence-electron chi connectivity index (χ2n) is 15.5. The maximum Gasteiger partial charge on any atom is 0.0297 e. The van der Waals surface area contributed by atoms with Crippen molar-refractivity contribution in [1.82, 2.24) is 9.13 Å². The molecule has 0 unspecified atom stereocenters. The molecule has 8 heteroatoms. The van der Waals surface area contributed by atoms with E-state index >= 15 is 0 Å². The molecule has 0 saturated carbocycles. The van der Waals surface area contributed by atoms with Crippen molar-refractivity contribution in [3.05, 3.63) is 205 Å². The molecule has 6 radical (unpaired) electrons. The summed E-state index contributed by atoms with van der Waals surface area (Å²) in [6.45, 7) is 40.9. The molecule has 81 heavy (non-hydrogen) atoms. The van der Waals surface area contributed by atoms with Gasteiger partial charge in [-0.3, -0.25) is 24.3 Å². The Morgan fingerprint density at radius 1 is 0.370 bits per heavy atom. The molecule has 10 aromatic rings. The first-order valence-corrected chi connectivity index (χ1v) is 28.7. The van der Waals surface area contributed by atoms with Crippen molar-refractivity contribution in [2.24, 2.45) is 0 Å². The summed E-state index contributed by atoms with van der Waals surface area (Å²) in [5.41, 5.74) is 15.9. The summed E-state index contributed by atoms with van der Waals surface area (Å²) in [5.74, 6) is 0. The molecule has 0 amide bonds. The quantitative estimate of drug-likeness (QED) is 0.152. The molecular weight excluding hydrogens is 1440 g/mol. The number of fused-ring (bicyclic) bond motifs is 9. The predicted molar refractivity (Wildman–Crippen MR) is 336 cm³/mol. The van der Waals surface area contributed by atoms with Gasteiger partial charge in [-0.2, -0.15) is 10.8 Å². The number of nitrogens with zero attached hydrogens (tertiary/aromatic N) is 2. The zero-order valence-electron chi connectivity index (χ0n) is 53.4. The number of para-hydroxylation sites is 2. The Labute approximate surface area is 647 Å². The average molecular weight is 1530 g/mol. The van der Waals surface area contributed by atoms with Crippen molar-refractivity contribution in [2.45, 2.75) is 170 Å². The largest absolute Gasteiger partial charge is 0.460 e. The van der Waals surface area contributed by atoms with Gasteiger partial charge >= 0.3 is 0 Å². The Hall–Kier alpha value is -0.0166. The van der Waals surface area contributed by atoms with Crippen LogP contribution in [0, 0.1) is 48.5 Å². The number of aryl methyl sites for hydroxylation is 3. The molecule has 0 fully saturated rings. The van der Waals surface area contributed by atoms with E-state index in [0.29, 0.717) is 0 Å². The van der Waals surface area contributed by atoms with E-state index < -0.39 is 0 Å². The molecule has 0 saturated heterocycles. The van der Waals surface area contributed by atoms with Crippen LogP contribution in [0.4, 0.5) is 0 Å². The SMILES string of the molecule is CC.CC.CC.CC.CC.CC.CCC.CCC.CCc1cccc2c1Cc1ccccc1-2.CCn1c2[c-]c(-c3[c-]ccc[c-]3)[c-]cc2c2ccccc21.CCn1c2c[c-]c(-c3[c-]ccc[c-]3)[c-]c2c2ccccc21.[Y].[Y].[Y].[Y].[Y].[Y]. The Morgan fingerprint density at radius 2 is 0.790 bits per heavy atom. The standard InChI is InChI=1S/2C20H13N.C15H14.2C3H8.6C2H6.6Y/c1-2-21-19-11-7-6-10-17(19)18-14-16(12-13-20(18)21)15-8-4-3-5-9-15;1-2-21-19-11-7-6-10-17(19)18-13-12-16(14-20(18)21)15-8-4-3-5-9-15;1-2-11-7-5-9-14-13-8-4-3-6-12(13)10-15(11)14;2*1-3-2;6*1-2;;;;;;/h2*3-7,10-11,13H,2H2,1H3;3-9H,2,10H2,1H3;2*3H2,1-2H3;6*1-2H3;;;;;;/q2*-4;;;;;;;;;;;;;;;. The minimum absolute atomic E-state index is 0. The van der Waals surface area contributed by atoms with Crippen molar-refractivity contribution < 1.29 is 196 Å². The maximum absolute atomic E-state index is 3.50. The first-order chi connectivity index (χ1) is 37.0. The van der Waals surface area contributed by atoms with E-state index in [9.17, 15) is 0 Å². The molecule has 0 bridgehead atoms. The number of hydrogen-bond donors (Lipinski definition) is 0. The molecule has 2 heterocycles. The smallest absolute Gasteiger partial charge is 0.0297 e. The van der Waals surface area contributed by atoms with Gasteiger partial charge in [-0.05, 0) is 72.0 Å². The van der Waals surface area contributed by atoms with Gasteiger partial charge < -0.3 is 79.9 Å². The molecule has 420 valence electrons. The number of rotatable bonds is 5. The fraction of sp³-hybridized carbons (Fsp3) is 0.342. The van der Waals surface area contributed by atoms with Crippen LogP contribution in [0.2, 0.25) is 0 Å². The fourth-order valence-corrected chi connectivity index (χ4v) is 8.30. The molecule has 1 aliphatic carbocycles. The van der Waals surface area contributed by atoms with Crippen LogP contribution in [-0.2, 0) is 222 Å². The summed E-state index contributed by atoms with van der Waals surface area (Å²) in [7, 11) is 0. The Bertz CT molecular complexity index is 3040. The van der Waals surface area contributed by atoms with Gasteiger partial charge in [-0.25, -0.2) is 24.3 Å².